The number of nitrogens with two attached hydrogens (primary N) is 1. The van der Waals surface area contributed by atoms with Crippen molar-refractivity contribution in [1.29, 1.82) is 0 Å². The van der Waals surface area contributed by atoms with Crippen LogP contribution in [0.5, 0.6) is 0 Å². The van der Waals surface area contributed by atoms with Gasteiger partial charge in [-0.15, -0.1) is 0 Å². The van der Waals surface area contributed by atoms with Crippen molar-refractivity contribution in [3.05, 3.63) is 12.2 Å². The van der Waals surface area contributed by atoms with E-state index in [2.05, 4.69) is 19.9 Å². The molecule has 0 spiro atoms. The first kappa shape index (κ1) is 57.7. The van der Waals surface area contributed by atoms with E-state index in [1.165, 1.54) is 128 Å². The lowest BCUT2D eigenvalue weighted by atomic mass is 10.0. The number of hydrogen-bond acceptors (Lipinski definition) is 10. The van der Waals surface area contributed by atoms with Crippen LogP contribution in [0.15, 0.2) is 12.2 Å². The molecule has 12 heteroatoms. The van der Waals surface area contributed by atoms with Crippen molar-refractivity contribution in [2.75, 3.05) is 26.4 Å². The van der Waals surface area contributed by atoms with E-state index in [-0.39, 0.29) is 32.6 Å². The molecule has 0 aromatic carbocycles. The number of carbonyl (C=O) groups is 2. The molecule has 350 valence electrons. The van der Waals surface area contributed by atoms with Crippen LogP contribution in [-0.2, 0) is 32.7 Å². The van der Waals surface area contributed by atoms with Gasteiger partial charge >= 0.3 is 19.8 Å². The van der Waals surface area contributed by atoms with Crippen molar-refractivity contribution in [3.8, 4) is 0 Å². The summed E-state index contributed by atoms with van der Waals surface area (Å²) < 4.78 is 32.8. The fourth-order valence-corrected chi connectivity index (χ4v) is 7.84. The summed E-state index contributed by atoms with van der Waals surface area (Å²) in [5, 5.41) is 20.5. The minimum absolute atomic E-state index is 0.0306. The quantitative estimate of drug-likeness (QED) is 0.0198. The molecule has 0 radical (unpaired) electrons. The zero-order valence-corrected chi connectivity index (χ0v) is 38.9. The summed E-state index contributed by atoms with van der Waals surface area (Å²) in [5.41, 5.74) is 5.35. The first-order chi connectivity index (χ1) is 28.6. The number of ether oxygens (including phenoxy) is 2. The zero-order valence-electron chi connectivity index (χ0n) is 38.0. The van der Waals surface area contributed by atoms with Crippen LogP contribution in [0.25, 0.3) is 0 Å². The Kier molecular flexibility index (Phi) is 42.3. The number of phosphoric ester groups is 1. The third kappa shape index (κ3) is 41.8. The Hall–Kier alpha value is -1.33. The van der Waals surface area contributed by atoms with Crippen LogP contribution >= 0.6 is 7.82 Å². The maximum absolute atomic E-state index is 12.6. The number of unbranched alkanes of at least 4 members (excludes halogenated alkanes) is 27. The summed E-state index contributed by atoms with van der Waals surface area (Å²) in [7, 11) is -4.42. The van der Waals surface area contributed by atoms with Crippen LogP contribution in [0.1, 0.15) is 232 Å². The smallest absolute Gasteiger partial charge is 0.462 e. The van der Waals surface area contributed by atoms with E-state index in [1.54, 1.807) is 0 Å². The van der Waals surface area contributed by atoms with Crippen LogP contribution in [-0.4, -0.2) is 71.7 Å². The van der Waals surface area contributed by atoms with Gasteiger partial charge in [-0.1, -0.05) is 193 Å². The summed E-state index contributed by atoms with van der Waals surface area (Å²) in [5.74, 6) is -0.928. The molecule has 0 aliphatic heterocycles. The van der Waals surface area contributed by atoms with E-state index < -0.39 is 44.7 Å². The third-order valence-corrected chi connectivity index (χ3v) is 11.8. The molecule has 4 atom stereocenters. The first-order valence-electron chi connectivity index (χ1n) is 24.3. The molecule has 0 rings (SSSR count). The minimum Gasteiger partial charge on any atom is -0.462 e. The molecule has 0 heterocycles. The lowest BCUT2D eigenvalue weighted by Crippen LogP contribution is -2.29. The van der Waals surface area contributed by atoms with Crippen LogP contribution in [0.2, 0.25) is 0 Å². The van der Waals surface area contributed by atoms with Crippen molar-refractivity contribution in [3.63, 3.8) is 0 Å². The summed E-state index contributed by atoms with van der Waals surface area (Å²) in [6.07, 6.45) is 38.4. The molecule has 0 aliphatic carbocycles. The highest BCUT2D eigenvalue weighted by molar-refractivity contribution is 7.47. The van der Waals surface area contributed by atoms with Gasteiger partial charge in [0.25, 0.3) is 0 Å². The molecule has 5 N–H and O–H groups in total. The predicted molar refractivity (Wildman–Crippen MR) is 241 cm³/mol. The number of rotatable bonds is 46. The van der Waals surface area contributed by atoms with Gasteiger partial charge in [-0.2, -0.15) is 0 Å². The normalized spacial score (nSPS) is 14.3. The molecule has 0 aromatic heterocycles. The highest BCUT2D eigenvalue weighted by Gasteiger charge is 2.26. The van der Waals surface area contributed by atoms with Crippen LogP contribution in [0, 0.1) is 0 Å². The molecule has 0 amide bonds. The largest absolute Gasteiger partial charge is 0.472 e. The maximum Gasteiger partial charge on any atom is 0.472 e. The number of esters is 2. The Balaban J connectivity index is 4.13. The van der Waals surface area contributed by atoms with Crippen LogP contribution < -0.4 is 5.73 Å². The summed E-state index contributed by atoms with van der Waals surface area (Å²) >= 11 is 0. The van der Waals surface area contributed by atoms with Gasteiger partial charge in [-0.25, -0.2) is 4.57 Å². The molecule has 0 aromatic rings. The number of allylic oxidation sites excluding steroid dienone is 1. The number of carbonyl (C=O) groups excluding carboxylic acids is 2. The zero-order chi connectivity index (χ0) is 43.5. The van der Waals surface area contributed by atoms with Gasteiger partial charge in [0.1, 0.15) is 6.61 Å². The highest BCUT2D eigenvalue weighted by atomic mass is 31.2. The molecule has 1 unspecified atom stereocenters. The van der Waals surface area contributed by atoms with Gasteiger partial charge in [-0.05, 0) is 38.5 Å². The van der Waals surface area contributed by atoms with E-state index in [4.69, 9.17) is 24.3 Å². The second kappa shape index (κ2) is 43.3. The fraction of sp³-hybridized carbons (Fsp3) is 0.915. The second-order valence-electron chi connectivity index (χ2n) is 16.6. The lowest BCUT2D eigenvalue weighted by Gasteiger charge is -2.20. The Labute approximate surface area is 361 Å². The molecular weight excluding hydrogens is 769 g/mol. The summed E-state index contributed by atoms with van der Waals surface area (Å²) in [4.78, 5) is 35.0. The number of aliphatic hydroxyl groups excluding tert-OH is 2. The van der Waals surface area contributed by atoms with Crippen molar-refractivity contribution < 1.29 is 47.8 Å². The van der Waals surface area contributed by atoms with Gasteiger partial charge in [0.05, 0.1) is 25.4 Å². The van der Waals surface area contributed by atoms with Gasteiger partial charge in [0, 0.05) is 19.4 Å². The van der Waals surface area contributed by atoms with Crippen molar-refractivity contribution in [2.45, 2.75) is 250 Å². The van der Waals surface area contributed by atoms with E-state index in [9.17, 15) is 29.3 Å². The number of phosphoric acid groups is 1. The maximum atomic E-state index is 12.6. The third-order valence-electron chi connectivity index (χ3n) is 10.9. The molecule has 0 fully saturated rings. The van der Waals surface area contributed by atoms with Gasteiger partial charge < -0.3 is 30.3 Å². The molecule has 59 heavy (non-hydrogen) atoms. The monoisotopic (exact) mass is 862 g/mol. The van der Waals surface area contributed by atoms with Crippen LogP contribution in [0.4, 0.5) is 0 Å². The topological polar surface area (TPSA) is 175 Å². The van der Waals surface area contributed by atoms with Crippen molar-refractivity contribution in [1.82, 2.24) is 0 Å². The average Bonchev–Trinajstić information content (AvgIpc) is 3.22. The van der Waals surface area contributed by atoms with E-state index >= 15 is 0 Å². The predicted octanol–water partition coefficient (Wildman–Crippen LogP) is 12.1. The molecule has 11 nitrogen and oxygen atoms in total. The van der Waals surface area contributed by atoms with E-state index in [1.807, 2.05) is 6.08 Å². The van der Waals surface area contributed by atoms with Crippen LogP contribution in [0.3, 0.4) is 0 Å². The molecule has 0 saturated heterocycles. The summed E-state index contributed by atoms with van der Waals surface area (Å²) in [6, 6.07) is 0. The SMILES string of the molecule is CCCCC/C=C\C[C@H](O)[C@@H](O)CCCCCCCC(=O)O[C@H](COC(=O)CCCCCCCCCCCCCCCCCCCCCCC)COP(=O)(O)OCCN. The second-order valence-corrected chi connectivity index (χ2v) is 18.1. The number of aliphatic hydroxyl groups is 2. The Morgan fingerprint density at radius 1 is 0.559 bits per heavy atom. The molecular formula is C47H92NO10P. The minimum atomic E-state index is -4.42. The van der Waals surface area contributed by atoms with Gasteiger partial charge in [-0.3, -0.25) is 18.6 Å². The molecule has 0 saturated carbocycles. The first-order valence-corrected chi connectivity index (χ1v) is 25.8. The van der Waals surface area contributed by atoms with Crippen molar-refractivity contribution in [2.24, 2.45) is 5.73 Å². The standard InChI is InChI=1S/C47H92NO10P/c1-3-5-7-9-11-12-13-14-15-16-17-18-19-20-21-22-23-24-25-29-33-37-46(51)55-41-43(42-57-59(53,54)56-40-39-48)58-47(52)38-34-30-26-28-32-36-45(50)44(49)35-31-27-10-8-6-4-2/h27,31,43-45,49-50H,3-26,28-30,32-42,48H2,1-2H3,(H,53,54)/b31-27-/t43-,44+,45+/m1/s1. The Morgan fingerprint density at radius 3 is 1.49 bits per heavy atom. The lowest BCUT2D eigenvalue weighted by molar-refractivity contribution is -0.161. The average molecular weight is 862 g/mol. The van der Waals surface area contributed by atoms with Gasteiger partial charge in [0.2, 0.25) is 0 Å². The Morgan fingerprint density at radius 2 is 1.00 bits per heavy atom. The molecule has 0 bridgehead atoms. The Bertz CT molecular complexity index is 1020. The van der Waals surface area contributed by atoms with E-state index in [0.717, 1.165) is 51.4 Å². The van der Waals surface area contributed by atoms with Gasteiger partial charge in [0.15, 0.2) is 6.10 Å². The van der Waals surface area contributed by atoms with Crippen molar-refractivity contribution >= 4 is 19.8 Å². The highest BCUT2D eigenvalue weighted by Crippen LogP contribution is 2.43. The number of hydrogen-bond donors (Lipinski definition) is 4. The summed E-state index contributed by atoms with van der Waals surface area (Å²) in [6.45, 7) is 3.53. The fourth-order valence-electron chi connectivity index (χ4n) is 7.07. The van der Waals surface area contributed by atoms with E-state index in [0.29, 0.717) is 25.7 Å². The molecule has 0 aliphatic rings.